The van der Waals surface area contributed by atoms with Gasteiger partial charge in [-0.3, -0.25) is 23.2 Å². The standard InChI is InChI=1S/C48H79N3O16P2/c1-3-5-7-9-11-12-13-14-15-16-21-25-29-33-44(54)65-40(36-62-43(53)32-28-24-20-18-17-19-23-27-31-39(52)30-26-22-10-8-6-4-2)37-63-68(58,59)67-69(60,61)64-38-41-45(55)46(56)47(66-41)51-35-34-42(49)50-48(51)57/h6,8,18-20,22-23,26-27,31,34-35,39-41,45-47,52,55-56H,3-5,7,9-17,21,24-25,28-30,32-33,36-38H2,1-2H3,(H,58,59)(H,60,61)(H2,49,50,57)/b8-6-,20-18-,23-19-,26-22-,31-27+/t39?,40-,41-,45-,46-,47-/m1/s1. The van der Waals surface area contributed by atoms with Gasteiger partial charge in [-0.15, -0.1) is 0 Å². The summed E-state index contributed by atoms with van der Waals surface area (Å²) >= 11 is 0. The van der Waals surface area contributed by atoms with Crippen LogP contribution in [0.3, 0.4) is 0 Å². The zero-order chi connectivity index (χ0) is 50.8. The monoisotopic (exact) mass is 1020 g/mol. The molecular weight excluding hydrogens is 936 g/mol. The van der Waals surface area contributed by atoms with Gasteiger partial charge in [-0.05, 0) is 51.0 Å². The Labute approximate surface area is 407 Å². The summed E-state index contributed by atoms with van der Waals surface area (Å²) in [5.41, 5.74) is 4.57. The van der Waals surface area contributed by atoms with Gasteiger partial charge in [0.15, 0.2) is 12.3 Å². The summed E-state index contributed by atoms with van der Waals surface area (Å²) < 4.78 is 56.6. The first-order valence-corrected chi connectivity index (χ1v) is 27.4. The van der Waals surface area contributed by atoms with Gasteiger partial charge in [0.25, 0.3) is 0 Å². The number of rotatable bonds is 39. The number of aromatic nitrogens is 2. The first-order valence-electron chi connectivity index (χ1n) is 24.4. The lowest BCUT2D eigenvalue weighted by atomic mass is 10.0. The number of allylic oxidation sites excluding steroid dienone is 8. The molecule has 0 aliphatic carbocycles. The summed E-state index contributed by atoms with van der Waals surface area (Å²) in [6.45, 7) is 1.89. The maximum absolute atomic E-state index is 12.8. The van der Waals surface area contributed by atoms with Gasteiger partial charge in [0.1, 0.15) is 30.7 Å². The quantitative estimate of drug-likeness (QED) is 0.0118. The topological polar surface area (TPSA) is 286 Å². The van der Waals surface area contributed by atoms with E-state index in [1.807, 2.05) is 36.5 Å². The molecule has 0 saturated carbocycles. The van der Waals surface area contributed by atoms with E-state index in [4.69, 9.17) is 29.0 Å². The molecule has 3 unspecified atom stereocenters. The maximum atomic E-state index is 12.8. The molecule has 19 nitrogen and oxygen atoms in total. The van der Waals surface area contributed by atoms with Gasteiger partial charge in [-0.1, -0.05) is 152 Å². The number of phosphoric acid groups is 2. The molecule has 1 saturated heterocycles. The molecule has 69 heavy (non-hydrogen) atoms. The second-order valence-electron chi connectivity index (χ2n) is 16.8. The van der Waals surface area contributed by atoms with Gasteiger partial charge in [0.05, 0.1) is 19.3 Å². The molecule has 0 bridgehead atoms. The number of unbranched alkanes of at least 4 members (excludes halogenated alkanes) is 13. The van der Waals surface area contributed by atoms with E-state index in [2.05, 4.69) is 35.3 Å². The van der Waals surface area contributed by atoms with Crippen LogP contribution in [-0.4, -0.2) is 96.9 Å². The van der Waals surface area contributed by atoms with Gasteiger partial charge in [-0.2, -0.15) is 9.29 Å². The van der Waals surface area contributed by atoms with Crippen LogP contribution in [0, 0.1) is 0 Å². The Bertz CT molecular complexity index is 1910. The van der Waals surface area contributed by atoms with E-state index in [1.54, 1.807) is 12.2 Å². The molecule has 1 aliphatic heterocycles. The van der Waals surface area contributed by atoms with Crippen molar-refractivity contribution in [2.45, 2.75) is 185 Å². The number of aliphatic hydroxyl groups is 3. The van der Waals surface area contributed by atoms with Crippen LogP contribution < -0.4 is 11.4 Å². The van der Waals surface area contributed by atoms with Gasteiger partial charge in [0.2, 0.25) is 0 Å². The number of nitrogens with two attached hydrogens (primary N) is 1. The van der Waals surface area contributed by atoms with Crippen LogP contribution >= 0.6 is 15.6 Å². The Morgan fingerprint density at radius 2 is 1.39 bits per heavy atom. The number of phosphoric ester groups is 2. The summed E-state index contributed by atoms with van der Waals surface area (Å²) in [6.07, 6.45) is 30.6. The van der Waals surface area contributed by atoms with Crippen molar-refractivity contribution >= 4 is 33.4 Å². The van der Waals surface area contributed by atoms with E-state index in [9.17, 15) is 48.6 Å². The van der Waals surface area contributed by atoms with Crippen LogP contribution in [0.5, 0.6) is 0 Å². The van der Waals surface area contributed by atoms with Crippen LogP contribution in [0.15, 0.2) is 77.8 Å². The average Bonchev–Trinajstić information content (AvgIpc) is 3.58. The van der Waals surface area contributed by atoms with Gasteiger partial charge < -0.3 is 45.1 Å². The number of ether oxygens (including phenoxy) is 3. The molecule has 0 amide bonds. The SMILES string of the molecule is CC/C=C\C/C=C\CC(O)/C=C/C=C\C/C=C\CCCC(=O)OC[C@H](COP(=O)(O)OP(=O)(O)OC[C@H]1O[C@@H](n2ccc(N)nc2=O)[C@H](O)[C@@H]1O)OC(=O)CCCCCCCCCCCCCCC. The van der Waals surface area contributed by atoms with Crippen molar-refractivity contribution in [2.75, 3.05) is 25.6 Å². The van der Waals surface area contributed by atoms with Crippen molar-refractivity contribution in [3.05, 3.63) is 83.5 Å². The van der Waals surface area contributed by atoms with Gasteiger partial charge >= 0.3 is 33.3 Å². The van der Waals surface area contributed by atoms with Crippen LogP contribution in [-0.2, 0) is 46.3 Å². The van der Waals surface area contributed by atoms with Gasteiger partial charge in [0, 0.05) is 19.0 Å². The largest absolute Gasteiger partial charge is 0.481 e. The molecular formula is C48H79N3O16P2. The van der Waals surface area contributed by atoms with Crippen molar-refractivity contribution in [3.63, 3.8) is 0 Å². The lowest BCUT2D eigenvalue weighted by molar-refractivity contribution is -0.161. The van der Waals surface area contributed by atoms with E-state index in [0.29, 0.717) is 32.1 Å². The van der Waals surface area contributed by atoms with Crippen molar-refractivity contribution in [3.8, 4) is 0 Å². The zero-order valence-electron chi connectivity index (χ0n) is 40.5. The predicted octanol–water partition coefficient (Wildman–Crippen LogP) is 8.52. The number of nitrogens with zero attached hydrogens (tertiary/aromatic N) is 2. The molecule has 1 aromatic heterocycles. The number of nitrogen functional groups attached to an aromatic ring is 1. The molecule has 8 atom stereocenters. The molecule has 7 N–H and O–H groups in total. The Kier molecular flexibility index (Phi) is 32.4. The molecule has 1 aliphatic rings. The summed E-state index contributed by atoms with van der Waals surface area (Å²) in [4.78, 5) is 61.8. The van der Waals surface area contributed by atoms with E-state index < -0.39 is 89.8 Å². The molecule has 392 valence electrons. The lowest BCUT2D eigenvalue weighted by Gasteiger charge is -2.21. The van der Waals surface area contributed by atoms with E-state index in [0.717, 1.165) is 49.3 Å². The highest BCUT2D eigenvalue weighted by Crippen LogP contribution is 2.60. The average molecular weight is 1020 g/mol. The Morgan fingerprint density at radius 3 is 2.06 bits per heavy atom. The Morgan fingerprint density at radius 1 is 0.783 bits per heavy atom. The number of anilines is 1. The van der Waals surface area contributed by atoms with E-state index in [1.165, 1.54) is 57.4 Å². The normalized spacial score (nSPS) is 20.3. The molecule has 2 rings (SSSR count). The Balaban J connectivity index is 1.85. The van der Waals surface area contributed by atoms with Crippen molar-refractivity contribution in [1.29, 1.82) is 0 Å². The first-order chi connectivity index (χ1) is 33.1. The third kappa shape index (κ3) is 29.4. The fraction of sp³-hybridized carbons (Fsp3) is 0.667. The first kappa shape index (κ1) is 61.5. The fourth-order valence-corrected chi connectivity index (χ4v) is 9.01. The molecule has 0 aromatic carbocycles. The number of hydrogen-bond acceptors (Lipinski definition) is 16. The number of carbonyl (C=O) groups excluding carboxylic acids is 2. The molecule has 1 aromatic rings. The number of carbonyl (C=O) groups is 2. The molecule has 2 heterocycles. The van der Waals surface area contributed by atoms with Crippen LogP contribution in [0.4, 0.5) is 5.82 Å². The number of esters is 2. The van der Waals surface area contributed by atoms with Crippen molar-refractivity contribution in [2.24, 2.45) is 0 Å². The third-order valence-corrected chi connectivity index (χ3v) is 13.3. The van der Waals surface area contributed by atoms with Crippen LogP contribution in [0.25, 0.3) is 0 Å². The molecule has 0 spiro atoms. The minimum Gasteiger partial charge on any atom is -0.462 e. The summed E-state index contributed by atoms with van der Waals surface area (Å²) in [5, 5.41) is 30.9. The second-order valence-corrected chi connectivity index (χ2v) is 19.8. The second kappa shape index (κ2) is 36.4. The van der Waals surface area contributed by atoms with Crippen LogP contribution in [0.1, 0.15) is 155 Å². The highest BCUT2D eigenvalue weighted by molar-refractivity contribution is 7.61. The predicted molar refractivity (Wildman–Crippen MR) is 262 cm³/mol. The molecule has 1 fully saturated rings. The summed E-state index contributed by atoms with van der Waals surface area (Å²) in [5.74, 6) is -1.41. The summed E-state index contributed by atoms with van der Waals surface area (Å²) in [7, 11) is -10.9. The highest BCUT2D eigenvalue weighted by atomic mass is 31.3. The van der Waals surface area contributed by atoms with Crippen molar-refractivity contribution in [1.82, 2.24) is 9.55 Å². The summed E-state index contributed by atoms with van der Waals surface area (Å²) in [6, 6.07) is 1.24. The third-order valence-electron chi connectivity index (χ3n) is 10.7. The molecule has 21 heteroatoms. The number of aliphatic hydroxyl groups excluding tert-OH is 3. The minimum absolute atomic E-state index is 0.0159. The maximum Gasteiger partial charge on any atom is 0.481 e. The van der Waals surface area contributed by atoms with Crippen LogP contribution in [0.2, 0.25) is 0 Å². The lowest BCUT2D eigenvalue weighted by Crippen LogP contribution is -2.36. The van der Waals surface area contributed by atoms with E-state index in [-0.39, 0.29) is 18.7 Å². The highest BCUT2D eigenvalue weighted by Gasteiger charge is 2.46. The smallest absolute Gasteiger partial charge is 0.462 e. The van der Waals surface area contributed by atoms with Crippen molar-refractivity contribution < 1.29 is 71.4 Å². The molecule has 0 radical (unpaired) electrons. The minimum atomic E-state index is -5.44. The van der Waals surface area contributed by atoms with E-state index >= 15 is 0 Å². The zero-order valence-corrected chi connectivity index (χ0v) is 42.2. The fourth-order valence-electron chi connectivity index (χ4n) is 6.90. The Hall–Kier alpha value is -3.58. The van der Waals surface area contributed by atoms with Gasteiger partial charge in [-0.25, -0.2) is 13.9 Å². The number of hydrogen-bond donors (Lipinski definition) is 6.